The summed E-state index contributed by atoms with van der Waals surface area (Å²) in [5, 5.41) is 0. The molecular formula is C6H7N2O. The predicted octanol–water partition coefficient (Wildman–Crippen LogP) is 0.594. The Bertz CT molecular complexity index is 200. The van der Waals surface area contributed by atoms with E-state index in [-0.39, 0.29) is 0 Å². The van der Waals surface area contributed by atoms with Crippen molar-refractivity contribution >= 4 is 0 Å². The van der Waals surface area contributed by atoms with Gasteiger partial charge in [-0.25, -0.2) is 4.98 Å². The lowest BCUT2D eigenvalue weighted by Crippen LogP contribution is -1.90. The lowest BCUT2D eigenvalue weighted by molar-refractivity contribution is 0.395. The second-order valence-corrected chi connectivity index (χ2v) is 1.59. The molecule has 1 rings (SSSR count). The normalized spacial score (nSPS) is 9.11. The molecular weight excluding hydrogens is 116 g/mol. The Morgan fingerprint density at radius 2 is 2.44 bits per heavy atom. The fourth-order valence-corrected chi connectivity index (χ4v) is 0.502. The molecule has 9 heavy (non-hydrogen) atoms. The van der Waals surface area contributed by atoms with Crippen molar-refractivity contribution in [2.45, 2.75) is 6.92 Å². The largest absolute Gasteiger partial charge is 0.481 e. The number of aryl methyl sites for hydroxylation is 1. The van der Waals surface area contributed by atoms with Crippen molar-refractivity contribution in [2.24, 2.45) is 0 Å². The lowest BCUT2D eigenvalue weighted by Gasteiger charge is -1.95. The molecule has 0 amide bonds. The van der Waals surface area contributed by atoms with Crippen molar-refractivity contribution in [3.05, 3.63) is 18.1 Å². The molecule has 3 nitrogen and oxygen atoms in total. The molecule has 3 heteroatoms. The number of aromatic nitrogens is 2. The maximum absolute atomic E-state index is 4.81. The van der Waals surface area contributed by atoms with Gasteiger partial charge in [0.1, 0.15) is 5.82 Å². The molecule has 0 fully saturated rings. The van der Waals surface area contributed by atoms with Crippen LogP contribution in [-0.2, 0) is 0 Å². The third-order valence-electron chi connectivity index (χ3n) is 0.896. The molecule has 0 aliphatic heterocycles. The van der Waals surface area contributed by atoms with E-state index < -0.39 is 0 Å². The Morgan fingerprint density at radius 1 is 1.67 bits per heavy atom. The summed E-state index contributed by atoms with van der Waals surface area (Å²) in [6, 6.07) is 1.59. The zero-order valence-electron chi connectivity index (χ0n) is 5.38. The van der Waals surface area contributed by atoms with Crippen molar-refractivity contribution < 1.29 is 4.74 Å². The third-order valence-corrected chi connectivity index (χ3v) is 0.896. The standard InChI is InChI=1S/C6H7N2O/c1-5-7-4-3-6(8-5)9-2/h3H,1-2H3. The fourth-order valence-electron chi connectivity index (χ4n) is 0.502. The molecule has 1 aromatic heterocycles. The van der Waals surface area contributed by atoms with Gasteiger partial charge in [0.2, 0.25) is 5.88 Å². The molecule has 1 heterocycles. The van der Waals surface area contributed by atoms with Crippen molar-refractivity contribution in [1.82, 2.24) is 9.97 Å². The monoisotopic (exact) mass is 123 g/mol. The van der Waals surface area contributed by atoms with Crippen molar-refractivity contribution in [1.29, 1.82) is 0 Å². The Balaban J connectivity index is 2.94. The van der Waals surface area contributed by atoms with E-state index in [0.717, 1.165) is 0 Å². The first-order chi connectivity index (χ1) is 4.33. The van der Waals surface area contributed by atoms with E-state index in [9.17, 15) is 0 Å². The van der Waals surface area contributed by atoms with Gasteiger partial charge in [0.15, 0.2) is 0 Å². The van der Waals surface area contributed by atoms with Crippen LogP contribution < -0.4 is 4.74 Å². The van der Waals surface area contributed by atoms with Crippen LogP contribution >= 0.6 is 0 Å². The van der Waals surface area contributed by atoms with Crippen LogP contribution in [0, 0.1) is 13.1 Å². The summed E-state index contributed by atoms with van der Waals surface area (Å²) in [7, 11) is 1.57. The Morgan fingerprint density at radius 3 is 2.89 bits per heavy atom. The fraction of sp³-hybridized carbons (Fsp3) is 0.333. The second-order valence-electron chi connectivity index (χ2n) is 1.59. The van der Waals surface area contributed by atoms with Gasteiger partial charge < -0.3 is 4.74 Å². The quantitative estimate of drug-likeness (QED) is 0.548. The molecule has 0 saturated carbocycles. The number of hydrogen-bond acceptors (Lipinski definition) is 3. The maximum atomic E-state index is 4.81. The molecule has 0 saturated heterocycles. The van der Waals surface area contributed by atoms with Crippen LogP contribution in [0.5, 0.6) is 5.88 Å². The average Bonchev–Trinajstić information content (AvgIpc) is 1.88. The number of hydrogen-bond donors (Lipinski definition) is 0. The first kappa shape index (κ1) is 6.01. The van der Waals surface area contributed by atoms with Gasteiger partial charge in [-0.05, 0) is 6.92 Å². The second kappa shape index (κ2) is 2.44. The molecule has 0 N–H and O–H groups in total. The van der Waals surface area contributed by atoms with E-state index in [0.29, 0.717) is 11.7 Å². The molecule has 0 aromatic carbocycles. The smallest absolute Gasteiger partial charge is 0.216 e. The van der Waals surface area contributed by atoms with E-state index in [1.54, 1.807) is 20.1 Å². The molecule has 0 atom stereocenters. The zero-order valence-corrected chi connectivity index (χ0v) is 5.38. The molecule has 0 aliphatic carbocycles. The molecule has 1 aromatic rings. The summed E-state index contributed by atoms with van der Waals surface area (Å²) in [5.41, 5.74) is 0. The number of methoxy groups -OCH3 is 1. The van der Waals surface area contributed by atoms with Gasteiger partial charge >= 0.3 is 0 Å². The van der Waals surface area contributed by atoms with E-state index in [2.05, 4.69) is 16.2 Å². The van der Waals surface area contributed by atoms with Crippen molar-refractivity contribution in [2.75, 3.05) is 7.11 Å². The first-order valence-corrected chi connectivity index (χ1v) is 2.58. The summed E-state index contributed by atoms with van der Waals surface area (Å²) >= 11 is 0. The van der Waals surface area contributed by atoms with Gasteiger partial charge in [-0.2, -0.15) is 4.98 Å². The van der Waals surface area contributed by atoms with Crippen molar-refractivity contribution in [3.63, 3.8) is 0 Å². The highest BCUT2D eigenvalue weighted by atomic mass is 16.5. The van der Waals surface area contributed by atoms with Gasteiger partial charge in [0.05, 0.1) is 13.3 Å². The van der Waals surface area contributed by atoms with E-state index in [1.165, 1.54) is 0 Å². The highest BCUT2D eigenvalue weighted by Gasteiger charge is 1.90. The van der Waals surface area contributed by atoms with Crippen LogP contribution in [0.1, 0.15) is 5.82 Å². The third kappa shape index (κ3) is 1.38. The van der Waals surface area contributed by atoms with Gasteiger partial charge in [-0.1, -0.05) is 0 Å². The van der Waals surface area contributed by atoms with E-state index in [4.69, 9.17) is 4.74 Å². The summed E-state index contributed by atoms with van der Waals surface area (Å²) in [4.78, 5) is 7.70. The zero-order chi connectivity index (χ0) is 6.69. The highest BCUT2D eigenvalue weighted by Crippen LogP contribution is 2.00. The Kier molecular flexibility index (Phi) is 1.63. The molecule has 1 radical (unpaired) electrons. The topological polar surface area (TPSA) is 35.0 Å². The summed E-state index contributed by atoms with van der Waals surface area (Å²) in [6.07, 6.45) is 2.64. The average molecular weight is 123 g/mol. The van der Waals surface area contributed by atoms with Gasteiger partial charge in [0.25, 0.3) is 0 Å². The minimum atomic E-state index is 0.558. The van der Waals surface area contributed by atoms with Crippen LogP contribution in [0.2, 0.25) is 0 Å². The number of ether oxygens (including phenoxy) is 1. The summed E-state index contributed by atoms with van der Waals surface area (Å²) in [6.45, 7) is 1.79. The maximum Gasteiger partial charge on any atom is 0.216 e. The van der Waals surface area contributed by atoms with Gasteiger partial charge in [0, 0.05) is 6.07 Å². The lowest BCUT2D eigenvalue weighted by atomic mass is 10.6. The van der Waals surface area contributed by atoms with Gasteiger partial charge in [-0.15, -0.1) is 0 Å². The molecule has 0 bridgehead atoms. The first-order valence-electron chi connectivity index (χ1n) is 2.58. The molecule has 0 spiro atoms. The van der Waals surface area contributed by atoms with Crippen LogP contribution in [0.4, 0.5) is 0 Å². The molecule has 0 aliphatic rings. The number of nitrogens with zero attached hydrogens (tertiary/aromatic N) is 2. The minimum Gasteiger partial charge on any atom is -0.481 e. The number of rotatable bonds is 1. The summed E-state index contributed by atoms with van der Waals surface area (Å²) < 4.78 is 4.81. The van der Waals surface area contributed by atoms with Gasteiger partial charge in [-0.3, -0.25) is 0 Å². The van der Waals surface area contributed by atoms with E-state index >= 15 is 0 Å². The summed E-state index contributed by atoms with van der Waals surface area (Å²) in [5.74, 6) is 1.23. The van der Waals surface area contributed by atoms with Crippen LogP contribution in [0.25, 0.3) is 0 Å². The Hall–Kier alpha value is -1.12. The molecule has 47 valence electrons. The van der Waals surface area contributed by atoms with Crippen LogP contribution in [0.3, 0.4) is 0 Å². The van der Waals surface area contributed by atoms with Crippen LogP contribution in [-0.4, -0.2) is 17.1 Å². The van der Waals surface area contributed by atoms with E-state index in [1.807, 2.05) is 0 Å². The Labute approximate surface area is 53.7 Å². The SMILES string of the molecule is COc1c[c]nc(C)n1. The van der Waals surface area contributed by atoms with Crippen molar-refractivity contribution in [3.8, 4) is 5.88 Å². The van der Waals surface area contributed by atoms with Crippen LogP contribution in [0.15, 0.2) is 6.07 Å². The highest BCUT2D eigenvalue weighted by molar-refractivity contribution is 5.05. The minimum absolute atomic E-state index is 0.558. The molecule has 0 unspecified atom stereocenters. The predicted molar refractivity (Wildman–Crippen MR) is 32.2 cm³/mol.